The summed E-state index contributed by atoms with van der Waals surface area (Å²) in [5.74, 6) is 0.957. The Morgan fingerprint density at radius 3 is 2.80 bits per heavy atom. The van der Waals surface area contributed by atoms with E-state index in [-0.39, 0.29) is 0 Å². The molecule has 0 fully saturated rings. The highest BCUT2D eigenvalue weighted by Crippen LogP contribution is 2.18. The van der Waals surface area contributed by atoms with E-state index in [0.29, 0.717) is 12.6 Å². The van der Waals surface area contributed by atoms with Crippen LogP contribution in [0.25, 0.3) is 0 Å². The molecule has 0 heterocycles. The number of unbranched alkanes of at least 4 members (excludes halogenated alkanes) is 3. The maximum absolute atomic E-state index is 5.67. The van der Waals surface area contributed by atoms with Crippen LogP contribution in [0.2, 0.25) is 0 Å². The van der Waals surface area contributed by atoms with Gasteiger partial charge >= 0.3 is 0 Å². The monoisotopic (exact) mass is 275 g/mol. The summed E-state index contributed by atoms with van der Waals surface area (Å²) in [6, 6.07) is 8.76. The Labute approximate surface area is 124 Å². The minimum atomic E-state index is 0.555. The van der Waals surface area contributed by atoms with Gasteiger partial charge in [0.25, 0.3) is 0 Å². The smallest absolute Gasteiger partial charge is 0.124 e. The lowest BCUT2D eigenvalue weighted by Gasteiger charge is -2.16. The van der Waals surface area contributed by atoms with Gasteiger partial charge in [0.2, 0.25) is 0 Å². The zero-order valence-corrected chi connectivity index (χ0v) is 13.0. The Hall–Kier alpha value is -1.28. The third kappa shape index (κ3) is 6.76. The Kier molecular flexibility index (Phi) is 8.81. The van der Waals surface area contributed by atoms with Crippen molar-refractivity contribution in [2.45, 2.75) is 58.5 Å². The highest BCUT2D eigenvalue weighted by Gasteiger charge is 2.05. The SMILES string of the molecule is C=CCOc1ccccc1CNC(C)CCCCCC. The Morgan fingerprint density at radius 2 is 2.05 bits per heavy atom. The molecule has 2 heteroatoms. The summed E-state index contributed by atoms with van der Waals surface area (Å²) in [6.07, 6.45) is 8.34. The third-order valence-corrected chi connectivity index (χ3v) is 3.46. The second kappa shape index (κ2) is 10.5. The predicted molar refractivity (Wildman–Crippen MR) is 87.2 cm³/mol. The molecule has 1 unspecified atom stereocenters. The van der Waals surface area contributed by atoms with E-state index in [1.807, 2.05) is 12.1 Å². The zero-order valence-electron chi connectivity index (χ0n) is 13.0. The van der Waals surface area contributed by atoms with Gasteiger partial charge in [0.05, 0.1) is 0 Å². The number of para-hydroxylation sites is 1. The minimum absolute atomic E-state index is 0.555. The number of nitrogens with one attached hydrogen (secondary N) is 1. The van der Waals surface area contributed by atoms with E-state index < -0.39 is 0 Å². The average molecular weight is 275 g/mol. The van der Waals surface area contributed by atoms with Gasteiger partial charge in [-0.25, -0.2) is 0 Å². The van der Waals surface area contributed by atoms with Gasteiger partial charge in [0.1, 0.15) is 12.4 Å². The van der Waals surface area contributed by atoms with E-state index in [4.69, 9.17) is 4.74 Å². The summed E-state index contributed by atoms with van der Waals surface area (Å²) in [7, 11) is 0. The first kappa shape index (κ1) is 16.8. The molecule has 0 spiro atoms. The first-order valence-electron chi connectivity index (χ1n) is 7.83. The molecule has 0 bridgehead atoms. The largest absolute Gasteiger partial charge is 0.489 e. The molecule has 1 atom stereocenters. The van der Waals surface area contributed by atoms with Crippen molar-refractivity contribution in [3.63, 3.8) is 0 Å². The number of rotatable bonds is 11. The van der Waals surface area contributed by atoms with E-state index in [0.717, 1.165) is 12.3 Å². The van der Waals surface area contributed by atoms with Crippen LogP contribution in [0.1, 0.15) is 51.5 Å². The van der Waals surface area contributed by atoms with Gasteiger partial charge in [-0.1, -0.05) is 63.5 Å². The van der Waals surface area contributed by atoms with Gasteiger partial charge in [-0.05, 0) is 19.4 Å². The Balaban J connectivity index is 2.34. The zero-order chi connectivity index (χ0) is 14.6. The van der Waals surface area contributed by atoms with E-state index in [1.54, 1.807) is 6.08 Å². The van der Waals surface area contributed by atoms with E-state index in [1.165, 1.54) is 37.7 Å². The Morgan fingerprint density at radius 1 is 1.25 bits per heavy atom. The molecule has 0 aliphatic rings. The van der Waals surface area contributed by atoms with Crippen LogP contribution in [0.5, 0.6) is 5.75 Å². The number of benzene rings is 1. The maximum atomic E-state index is 5.67. The van der Waals surface area contributed by atoms with Crippen LogP contribution >= 0.6 is 0 Å². The molecule has 0 amide bonds. The van der Waals surface area contributed by atoms with Crippen molar-refractivity contribution < 1.29 is 4.74 Å². The molecule has 0 aliphatic carbocycles. The molecule has 0 saturated carbocycles. The van der Waals surface area contributed by atoms with Crippen molar-refractivity contribution in [3.8, 4) is 5.75 Å². The minimum Gasteiger partial charge on any atom is -0.489 e. The van der Waals surface area contributed by atoms with Crippen LogP contribution in [0.3, 0.4) is 0 Å². The van der Waals surface area contributed by atoms with Gasteiger partial charge in [-0.15, -0.1) is 0 Å². The van der Waals surface area contributed by atoms with Crippen molar-refractivity contribution in [2.75, 3.05) is 6.61 Å². The summed E-state index contributed by atoms with van der Waals surface area (Å²) in [5.41, 5.74) is 1.22. The molecular weight excluding hydrogens is 246 g/mol. The second-order valence-electron chi connectivity index (χ2n) is 5.34. The lowest BCUT2D eigenvalue weighted by atomic mass is 10.1. The molecule has 1 aromatic carbocycles. The van der Waals surface area contributed by atoms with E-state index in [9.17, 15) is 0 Å². The van der Waals surface area contributed by atoms with Crippen LogP contribution in [-0.4, -0.2) is 12.6 Å². The lowest BCUT2D eigenvalue weighted by Crippen LogP contribution is -2.25. The molecule has 1 aromatic rings. The highest BCUT2D eigenvalue weighted by atomic mass is 16.5. The average Bonchev–Trinajstić information content (AvgIpc) is 2.48. The van der Waals surface area contributed by atoms with E-state index in [2.05, 4.69) is 37.9 Å². The summed E-state index contributed by atoms with van der Waals surface area (Å²) in [5, 5.41) is 3.59. The van der Waals surface area contributed by atoms with Gasteiger partial charge in [0.15, 0.2) is 0 Å². The molecule has 0 aromatic heterocycles. The van der Waals surface area contributed by atoms with Crippen molar-refractivity contribution in [3.05, 3.63) is 42.5 Å². The molecule has 0 saturated heterocycles. The molecule has 1 N–H and O–H groups in total. The standard InChI is InChI=1S/C18H29NO/c1-4-6-7-8-11-16(3)19-15-17-12-9-10-13-18(17)20-14-5-2/h5,9-10,12-13,16,19H,2,4,6-8,11,14-15H2,1,3H3. The van der Waals surface area contributed by atoms with Crippen molar-refractivity contribution >= 4 is 0 Å². The summed E-state index contributed by atoms with van der Waals surface area (Å²) in [4.78, 5) is 0. The fourth-order valence-corrected chi connectivity index (χ4v) is 2.20. The predicted octanol–water partition coefficient (Wildman–Crippen LogP) is 4.70. The number of ether oxygens (including phenoxy) is 1. The normalized spacial score (nSPS) is 12.1. The lowest BCUT2D eigenvalue weighted by molar-refractivity contribution is 0.356. The van der Waals surface area contributed by atoms with Crippen molar-refractivity contribution in [1.82, 2.24) is 5.32 Å². The molecular formula is C18H29NO. The quantitative estimate of drug-likeness (QED) is 0.467. The fourth-order valence-electron chi connectivity index (χ4n) is 2.20. The molecule has 0 aliphatic heterocycles. The van der Waals surface area contributed by atoms with Gasteiger partial charge < -0.3 is 10.1 Å². The van der Waals surface area contributed by atoms with Crippen molar-refractivity contribution in [1.29, 1.82) is 0 Å². The van der Waals surface area contributed by atoms with Crippen LogP contribution < -0.4 is 10.1 Å². The van der Waals surface area contributed by atoms with Gasteiger partial charge in [-0.2, -0.15) is 0 Å². The third-order valence-electron chi connectivity index (χ3n) is 3.46. The first-order valence-corrected chi connectivity index (χ1v) is 7.83. The van der Waals surface area contributed by atoms with Crippen LogP contribution in [0.4, 0.5) is 0 Å². The van der Waals surface area contributed by atoms with Crippen LogP contribution in [0.15, 0.2) is 36.9 Å². The second-order valence-corrected chi connectivity index (χ2v) is 5.34. The van der Waals surface area contributed by atoms with Gasteiger partial charge in [-0.3, -0.25) is 0 Å². The van der Waals surface area contributed by atoms with Gasteiger partial charge in [0, 0.05) is 18.2 Å². The summed E-state index contributed by atoms with van der Waals surface area (Å²) >= 11 is 0. The highest BCUT2D eigenvalue weighted by molar-refractivity contribution is 5.33. The molecule has 1 rings (SSSR count). The molecule has 0 radical (unpaired) electrons. The van der Waals surface area contributed by atoms with E-state index >= 15 is 0 Å². The molecule has 2 nitrogen and oxygen atoms in total. The van der Waals surface area contributed by atoms with Crippen molar-refractivity contribution in [2.24, 2.45) is 0 Å². The number of hydrogen-bond acceptors (Lipinski definition) is 2. The fraction of sp³-hybridized carbons (Fsp3) is 0.556. The Bertz CT molecular complexity index is 375. The first-order chi connectivity index (χ1) is 9.77. The molecule has 20 heavy (non-hydrogen) atoms. The van der Waals surface area contributed by atoms with Crippen LogP contribution in [0, 0.1) is 0 Å². The summed E-state index contributed by atoms with van der Waals surface area (Å²) in [6.45, 7) is 9.63. The van der Waals surface area contributed by atoms with Crippen LogP contribution in [-0.2, 0) is 6.54 Å². The number of hydrogen-bond donors (Lipinski definition) is 1. The maximum Gasteiger partial charge on any atom is 0.124 e. The topological polar surface area (TPSA) is 21.3 Å². The summed E-state index contributed by atoms with van der Waals surface area (Å²) < 4.78 is 5.67. The molecule has 112 valence electrons.